The molecule has 0 bridgehead atoms. The van der Waals surface area contributed by atoms with Gasteiger partial charge in [-0.05, 0) is 18.2 Å². The number of guanidine groups is 1. The highest BCUT2D eigenvalue weighted by Crippen LogP contribution is 2.20. The average Bonchev–Trinajstić information content (AvgIpc) is 2.66. The highest BCUT2D eigenvalue weighted by Gasteiger charge is 2.10. The number of carbonyl (C=O) groups excluding carboxylic acids is 1. The van der Waals surface area contributed by atoms with Crippen molar-refractivity contribution in [1.82, 2.24) is 14.8 Å². The van der Waals surface area contributed by atoms with Crippen molar-refractivity contribution < 1.29 is 13.9 Å². The van der Waals surface area contributed by atoms with E-state index in [0.29, 0.717) is 18.2 Å². The molecule has 0 atom stereocenters. The Morgan fingerprint density at radius 3 is 2.69 bits per heavy atom. The number of hydrogen-bond acceptors (Lipinski definition) is 5. The van der Waals surface area contributed by atoms with E-state index in [1.165, 1.54) is 24.4 Å². The summed E-state index contributed by atoms with van der Waals surface area (Å²) in [5, 5.41) is 13.9. The molecule has 2 aromatic rings. The number of likely N-dealkylation sites (N-methyl/N-ethyl adjacent to an activating group) is 1. The van der Waals surface area contributed by atoms with E-state index in [4.69, 9.17) is 10.00 Å². The Bertz CT molecular complexity index is 897. The summed E-state index contributed by atoms with van der Waals surface area (Å²) in [7, 11) is 5.31. The van der Waals surface area contributed by atoms with Gasteiger partial charge in [0.2, 0.25) is 12.2 Å². The molecule has 0 spiro atoms. The average molecular weight is 399 g/mol. The first-order valence-electron chi connectivity index (χ1n) is 8.65. The third-order valence-electron chi connectivity index (χ3n) is 3.64. The molecular formula is C19H22FN7O2. The number of rotatable bonds is 6. The van der Waals surface area contributed by atoms with Crippen LogP contribution in [0.1, 0.15) is 0 Å². The molecule has 0 fully saturated rings. The van der Waals surface area contributed by atoms with Gasteiger partial charge in [-0.25, -0.2) is 9.18 Å². The smallest absolute Gasteiger partial charge is 0.323 e. The van der Waals surface area contributed by atoms with Crippen LogP contribution in [0.5, 0.6) is 5.75 Å². The Balaban J connectivity index is 1.94. The lowest BCUT2D eigenvalue weighted by molar-refractivity contribution is 0.262. The monoisotopic (exact) mass is 399 g/mol. The number of hydrogen-bond donors (Lipinski definition) is 2. The number of nitrogens with one attached hydrogen (secondary N) is 2. The number of carbonyl (C=O) groups is 1. The van der Waals surface area contributed by atoms with Crippen molar-refractivity contribution in [2.24, 2.45) is 4.99 Å². The van der Waals surface area contributed by atoms with Crippen molar-refractivity contribution in [2.75, 3.05) is 44.9 Å². The molecule has 0 aliphatic rings. The second kappa shape index (κ2) is 10.5. The number of amides is 2. The lowest BCUT2D eigenvalue weighted by atomic mass is 10.3. The van der Waals surface area contributed by atoms with Crippen LogP contribution in [0, 0.1) is 17.3 Å². The van der Waals surface area contributed by atoms with Gasteiger partial charge < -0.3 is 25.2 Å². The summed E-state index contributed by atoms with van der Waals surface area (Å²) in [6.07, 6.45) is 4.83. The van der Waals surface area contributed by atoms with Gasteiger partial charge in [-0.2, -0.15) is 5.26 Å². The number of halogens is 1. The van der Waals surface area contributed by atoms with Crippen molar-refractivity contribution >= 4 is 23.4 Å². The molecule has 1 heterocycles. The quantitative estimate of drug-likeness (QED) is 0.439. The molecule has 29 heavy (non-hydrogen) atoms. The minimum Gasteiger partial charge on any atom is -0.492 e. The van der Waals surface area contributed by atoms with Crippen LogP contribution in [0.15, 0.2) is 47.7 Å². The lowest BCUT2D eigenvalue weighted by Crippen LogP contribution is -2.40. The topological polar surface area (TPSA) is 106 Å². The maximum Gasteiger partial charge on any atom is 0.323 e. The zero-order valence-electron chi connectivity index (χ0n) is 16.4. The molecule has 10 heteroatoms. The van der Waals surface area contributed by atoms with Crippen LogP contribution in [0.4, 0.5) is 20.6 Å². The zero-order chi connectivity index (χ0) is 21.2. The fourth-order valence-corrected chi connectivity index (χ4v) is 2.42. The van der Waals surface area contributed by atoms with Gasteiger partial charge in [0.25, 0.3) is 0 Å². The SMILES string of the molecule is CN(C)C(=NC#N)N(C)CCOc1cc(F)cc(NC(=O)Nc2cccnc2)c1. The van der Waals surface area contributed by atoms with Gasteiger partial charge in [-0.3, -0.25) is 4.98 Å². The van der Waals surface area contributed by atoms with Crippen LogP contribution in [-0.2, 0) is 0 Å². The van der Waals surface area contributed by atoms with Gasteiger partial charge in [0.15, 0.2) is 0 Å². The van der Waals surface area contributed by atoms with Crippen molar-refractivity contribution in [3.05, 3.63) is 48.5 Å². The van der Waals surface area contributed by atoms with Crippen molar-refractivity contribution in [2.45, 2.75) is 0 Å². The lowest BCUT2D eigenvalue weighted by Gasteiger charge is -2.25. The van der Waals surface area contributed by atoms with E-state index in [-0.39, 0.29) is 18.0 Å². The first kappa shape index (κ1) is 21.4. The highest BCUT2D eigenvalue weighted by molar-refractivity contribution is 5.99. The molecule has 9 nitrogen and oxygen atoms in total. The highest BCUT2D eigenvalue weighted by atomic mass is 19.1. The number of aliphatic imine (C=N–C) groups is 1. The molecule has 2 rings (SSSR count). The Hall–Kier alpha value is -3.87. The maximum absolute atomic E-state index is 13.9. The van der Waals surface area contributed by atoms with Crippen LogP contribution in [0.25, 0.3) is 0 Å². The molecule has 2 amide bonds. The predicted molar refractivity (Wildman–Crippen MR) is 108 cm³/mol. The molecule has 0 radical (unpaired) electrons. The van der Waals surface area contributed by atoms with E-state index in [0.717, 1.165) is 0 Å². The van der Waals surface area contributed by atoms with E-state index in [1.54, 1.807) is 55.5 Å². The molecule has 0 aliphatic carbocycles. The fraction of sp³-hybridized carbons (Fsp3) is 0.263. The van der Waals surface area contributed by atoms with Gasteiger partial charge >= 0.3 is 6.03 Å². The molecule has 1 aromatic carbocycles. The minimum atomic E-state index is -0.549. The summed E-state index contributed by atoms with van der Waals surface area (Å²) in [4.78, 5) is 23.1. The zero-order valence-corrected chi connectivity index (χ0v) is 16.4. The molecular weight excluding hydrogens is 377 g/mol. The number of anilines is 2. The van der Waals surface area contributed by atoms with Crippen LogP contribution in [-0.4, -0.2) is 61.1 Å². The third kappa shape index (κ3) is 6.99. The van der Waals surface area contributed by atoms with E-state index < -0.39 is 11.8 Å². The van der Waals surface area contributed by atoms with Gasteiger partial charge in [0.1, 0.15) is 18.2 Å². The number of nitrogens with zero attached hydrogens (tertiary/aromatic N) is 5. The Morgan fingerprint density at radius 2 is 2.03 bits per heavy atom. The number of ether oxygens (including phenoxy) is 1. The van der Waals surface area contributed by atoms with Gasteiger partial charge in [-0.1, -0.05) is 0 Å². The maximum atomic E-state index is 13.9. The number of pyridine rings is 1. The number of aromatic nitrogens is 1. The van der Waals surface area contributed by atoms with Crippen molar-refractivity contribution in [3.8, 4) is 11.9 Å². The Labute approximate surface area is 168 Å². The van der Waals surface area contributed by atoms with Crippen LogP contribution < -0.4 is 15.4 Å². The van der Waals surface area contributed by atoms with Gasteiger partial charge in [0, 0.05) is 45.2 Å². The molecule has 2 N–H and O–H groups in total. The van der Waals surface area contributed by atoms with Gasteiger partial charge in [0.05, 0.1) is 18.4 Å². The number of urea groups is 1. The van der Waals surface area contributed by atoms with Crippen LogP contribution in [0.3, 0.4) is 0 Å². The predicted octanol–water partition coefficient (Wildman–Crippen LogP) is 2.57. The first-order valence-corrected chi connectivity index (χ1v) is 8.65. The fourth-order valence-electron chi connectivity index (χ4n) is 2.42. The summed E-state index contributed by atoms with van der Waals surface area (Å²) >= 11 is 0. The van der Waals surface area contributed by atoms with Crippen molar-refractivity contribution in [1.29, 1.82) is 5.26 Å². The summed E-state index contributed by atoms with van der Waals surface area (Å²) in [5.74, 6) is 0.191. The second-order valence-corrected chi connectivity index (χ2v) is 6.17. The summed E-state index contributed by atoms with van der Waals surface area (Å²) in [5.41, 5.74) is 0.756. The van der Waals surface area contributed by atoms with Gasteiger partial charge in [-0.15, -0.1) is 4.99 Å². The molecule has 0 unspecified atom stereocenters. The van der Waals surface area contributed by atoms with Crippen LogP contribution in [0.2, 0.25) is 0 Å². The van der Waals surface area contributed by atoms with Crippen molar-refractivity contribution in [3.63, 3.8) is 0 Å². The summed E-state index contributed by atoms with van der Waals surface area (Å²) in [6.45, 7) is 0.638. The number of nitriles is 1. The molecule has 0 saturated carbocycles. The largest absolute Gasteiger partial charge is 0.492 e. The van der Waals surface area contributed by atoms with E-state index in [9.17, 15) is 9.18 Å². The van der Waals surface area contributed by atoms with E-state index >= 15 is 0 Å². The minimum absolute atomic E-state index is 0.222. The van der Waals surface area contributed by atoms with Crippen LogP contribution >= 0.6 is 0 Å². The Morgan fingerprint density at radius 1 is 1.28 bits per heavy atom. The van der Waals surface area contributed by atoms with E-state index in [2.05, 4.69) is 20.6 Å². The second-order valence-electron chi connectivity index (χ2n) is 6.17. The first-order chi connectivity index (χ1) is 13.9. The summed E-state index contributed by atoms with van der Waals surface area (Å²) < 4.78 is 19.5. The van der Waals surface area contributed by atoms with E-state index in [1.807, 2.05) is 0 Å². The normalized spacial score (nSPS) is 10.7. The molecule has 152 valence electrons. The number of benzene rings is 1. The molecule has 0 saturated heterocycles. The third-order valence-corrected chi connectivity index (χ3v) is 3.64. The Kier molecular flexibility index (Phi) is 7.73. The molecule has 1 aromatic heterocycles. The summed E-state index contributed by atoms with van der Waals surface area (Å²) in [6, 6.07) is 6.76. The molecule has 0 aliphatic heterocycles. The standard InChI is InChI=1S/C19H22FN7O2/c1-26(2)19(23-13-21)27(3)7-8-29-17-10-14(20)9-16(11-17)25-18(28)24-15-5-4-6-22-12-15/h4-6,9-12H,7-8H2,1-3H3,(H2,24,25,28).